The first-order valence-electron chi connectivity index (χ1n) is 6.68. The maximum absolute atomic E-state index is 6.13. The van der Waals surface area contributed by atoms with Crippen molar-refractivity contribution in [1.29, 1.82) is 0 Å². The standard InChI is InChI=1S/C13H20Cl2N4/c1-8-4-2-3-5-9(8)7-17-12-10(14)6-11(15)13(18-12)19-16/h6,8-9H,2-5,7,16H2,1H3,(H2,17,18,19). The van der Waals surface area contributed by atoms with Crippen LogP contribution in [0, 0.1) is 11.8 Å². The van der Waals surface area contributed by atoms with Crippen LogP contribution in [-0.4, -0.2) is 11.5 Å². The minimum Gasteiger partial charge on any atom is -0.368 e. The molecule has 0 bridgehead atoms. The van der Waals surface area contributed by atoms with Crippen molar-refractivity contribution in [1.82, 2.24) is 4.98 Å². The molecule has 1 aromatic rings. The first kappa shape index (κ1) is 14.7. The Labute approximate surface area is 124 Å². The molecule has 1 fully saturated rings. The van der Waals surface area contributed by atoms with E-state index in [-0.39, 0.29) is 0 Å². The third kappa shape index (κ3) is 3.65. The Hall–Kier alpha value is -0.710. The van der Waals surface area contributed by atoms with E-state index in [0.29, 0.717) is 27.6 Å². The summed E-state index contributed by atoms with van der Waals surface area (Å²) in [6.07, 6.45) is 5.23. The highest BCUT2D eigenvalue weighted by Crippen LogP contribution is 2.32. The van der Waals surface area contributed by atoms with Crippen LogP contribution in [0.3, 0.4) is 0 Å². The van der Waals surface area contributed by atoms with Gasteiger partial charge in [-0.15, -0.1) is 0 Å². The lowest BCUT2D eigenvalue weighted by Crippen LogP contribution is -2.25. The van der Waals surface area contributed by atoms with Gasteiger partial charge >= 0.3 is 0 Å². The second-order valence-electron chi connectivity index (χ2n) is 5.20. The molecule has 6 heteroatoms. The lowest BCUT2D eigenvalue weighted by molar-refractivity contribution is 0.268. The van der Waals surface area contributed by atoms with Crippen LogP contribution in [0.5, 0.6) is 0 Å². The van der Waals surface area contributed by atoms with E-state index >= 15 is 0 Å². The molecule has 1 saturated carbocycles. The Bertz CT molecular complexity index is 439. The van der Waals surface area contributed by atoms with Crippen LogP contribution in [0.15, 0.2) is 6.07 Å². The summed E-state index contributed by atoms with van der Waals surface area (Å²) in [6, 6.07) is 1.65. The molecule has 0 saturated heterocycles. The van der Waals surface area contributed by atoms with Gasteiger partial charge in [-0.2, -0.15) is 0 Å². The second-order valence-corrected chi connectivity index (χ2v) is 6.01. The van der Waals surface area contributed by atoms with E-state index in [0.717, 1.165) is 12.5 Å². The number of nitrogen functional groups attached to an aromatic ring is 1. The Morgan fingerprint density at radius 1 is 1.26 bits per heavy atom. The fourth-order valence-corrected chi connectivity index (χ4v) is 3.10. The molecule has 1 heterocycles. The maximum Gasteiger partial charge on any atom is 0.161 e. The maximum atomic E-state index is 6.13. The monoisotopic (exact) mass is 302 g/mol. The Kier molecular flexibility index (Phi) is 5.13. The molecule has 0 spiro atoms. The fraction of sp³-hybridized carbons (Fsp3) is 0.615. The number of anilines is 2. The van der Waals surface area contributed by atoms with Gasteiger partial charge in [0.15, 0.2) is 5.82 Å². The van der Waals surface area contributed by atoms with Crippen LogP contribution in [-0.2, 0) is 0 Å². The number of nitrogens with two attached hydrogens (primary N) is 1. The number of rotatable bonds is 4. The van der Waals surface area contributed by atoms with E-state index in [1.165, 1.54) is 25.7 Å². The van der Waals surface area contributed by atoms with E-state index in [9.17, 15) is 0 Å². The van der Waals surface area contributed by atoms with E-state index in [4.69, 9.17) is 29.0 Å². The summed E-state index contributed by atoms with van der Waals surface area (Å²) in [4.78, 5) is 4.29. The zero-order valence-corrected chi connectivity index (χ0v) is 12.6. The number of hydrogen-bond acceptors (Lipinski definition) is 4. The van der Waals surface area contributed by atoms with Crippen molar-refractivity contribution in [2.24, 2.45) is 17.7 Å². The highest BCUT2D eigenvalue weighted by Gasteiger charge is 2.21. The predicted octanol–water partition coefficient (Wildman–Crippen LogP) is 3.91. The van der Waals surface area contributed by atoms with Crippen molar-refractivity contribution in [3.8, 4) is 0 Å². The zero-order valence-electron chi connectivity index (χ0n) is 11.0. The molecule has 19 heavy (non-hydrogen) atoms. The SMILES string of the molecule is CC1CCCCC1CNc1nc(NN)c(Cl)cc1Cl. The lowest BCUT2D eigenvalue weighted by Gasteiger charge is -2.29. The highest BCUT2D eigenvalue weighted by molar-refractivity contribution is 6.37. The van der Waals surface area contributed by atoms with Crippen molar-refractivity contribution in [3.05, 3.63) is 16.1 Å². The molecule has 2 atom stereocenters. The third-order valence-corrected chi connectivity index (χ3v) is 4.46. The van der Waals surface area contributed by atoms with Crippen molar-refractivity contribution >= 4 is 34.8 Å². The molecule has 0 radical (unpaired) electrons. The van der Waals surface area contributed by atoms with Gasteiger partial charge in [0.05, 0.1) is 10.0 Å². The zero-order chi connectivity index (χ0) is 13.8. The highest BCUT2D eigenvalue weighted by atomic mass is 35.5. The largest absolute Gasteiger partial charge is 0.368 e. The van der Waals surface area contributed by atoms with Crippen molar-refractivity contribution < 1.29 is 0 Å². The number of nitrogens with zero attached hydrogens (tertiary/aromatic N) is 1. The number of hydrogen-bond donors (Lipinski definition) is 3. The van der Waals surface area contributed by atoms with Crippen molar-refractivity contribution in [2.45, 2.75) is 32.6 Å². The average molecular weight is 303 g/mol. The molecule has 2 rings (SSSR count). The molecule has 0 aliphatic heterocycles. The van der Waals surface area contributed by atoms with Crippen LogP contribution in [0.1, 0.15) is 32.6 Å². The number of nitrogens with one attached hydrogen (secondary N) is 2. The number of aromatic nitrogens is 1. The number of halogens is 2. The van der Waals surface area contributed by atoms with Gasteiger partial charge in [0.2, 0.25) is 0 Å². The molecule has 0 aromatic carbocycles. The van der Waals surface area contributed by atoms with Crippen molar-refractivity contribution in [2.75, 3.05) is 17.3 Å². The van der Waals surface area contributed by atoms with Crippen LogP contribution in [0.2, 0.25) is 10.0 Å². The Balaban J connectivity index is 2.02. The van der Waals surface area contributed by atoms with E-state index in [2.05, 4.69) is 22.7 Å². The molecule has 106 valence electrons. The quantitative estimate of drug-likeness (QED) is 0.583. The summed E-state index contributed by atoms with van der Waals surface area (Å²) < 4.78 is 0. The van der Waals surface area contributed by atoms with Crippen molar-refractivity contribution in [3.63, 3.8) is 0 Å². The van der Waals surface area contributed by atoms with Crippen LogP contribution in [0.25, 0.3) is 0 Å². The summed E-state index contributed by atoms with van der Waals surface area (Å²) >= 11 is 12.1. The summed E-state index contributed by atoms with van der Waals surface area (Å²) in [5, 5.41) is 4.26. The summed E-state index contributed by atoms with van der Waals surface area (Å²) in [5.41, 5.74) is 2.47. The predicted molar refractivity (Wildman–Crippen MR) is 81.7 cm³/mol. The first-order chi connectivity index (χ1) is 9.11. The fourth-order valence-electron chi connectivity index (χ4n) is 2.62. The van der Waals surface area contributed by atoms with Gasteiger partial charge in [0.1, 0.15) is 5.82 Å². The molecule has 0 amide bonds. The molecule has 1 aromatic heterocycles. The molecule has 4 N–H and O–H groups in total. The van der Waals surface area contributed by atoms with Gasteiger partial charge in [-0.25, -0.2) is 10.8 Å². The summed E-state index contributed by atoms with van der Waals surface area (Å²) in [7, 11) is 0. The molecular formula is C13H20Cl2N4. The van der Waals surface area contributed by atoms with Crippen LogP contribution >= 0.6 is 23.2 Å². The second kappa shape index (κ2) is 6.64. The van der Waals surface area contributed by atoms with Gasteiger partial charge in [0, 0.05) is 6.54 Å². The molecule has 1 aliphatic rings. The minimum absolute atomic E-state index is 0.420. The third-order valence-electron chi connectivity index (χ3n) is 3.89. The normalized spacial score (nSPS) is 23.2. The molecule has 4 nitrogen and oxygen atoms in total. The topological polar surface area (TPSA) is 63.0 Å². The smallest absolute Gasteiger partial charge is 0.161 e. The molecule has 2 unspecified atom stereocenters. The van der Waals surface area contributed by atoms with Gasteiger partial charge in [0.25, 0.3) is 0 Å². The summed E-state index contributed by atoms with van der Waals surface area (Å²) in [5.74, 6) is 7.86. The molecule has 1 aliphatic carbocycles. The summed E-state index contributed by atoms with van der Waals surface area (Å²) in [6.45, 7) is 3.20. The average Bonchev–Trinajstić information content (AvgIpc) is 2.39. The van der Waals surface area contributed by atoms with Crippen LogP contribution < -0.4 is 16.6 Å². The first-order valence-corrected chi connectivity index (χ1v) is 7.44. The van der Waals surface area contributed by atoms with E-state index < -0.39 is 0 Å². The minimum atomic E-state index is 0.420. The van der Waals surface area contributed by atoms with Gasteiger partial charge in [-0.05, 0) is 24.3 Å². The van der Waals surface area contributed by atoms with Gasteiger partial charge in [-0.1, -0.05) is 49.4 Å². The van der Waals surface area contributed by atoms with E-state index in [1.54, 1.807) is 6.07 Å². The lowest BCUT2D eigenvalue weighted by atomic mass is 9.80. The van der Waals surface area contributed by atoms with E-state index in [1.807, 2.05) is 0 Å². The number of hydrazine groups is 1. The van der Waals surface area contributed by atoms with Gasteiger partial charge in [-0.3, -0.25) is 0 Å². The molecular weight excluding hydrogens is 283 g/mol. The number of pyridine rings is 1. The van der Waals surface area contributed by atoms with Gasteiger partial charge < -0.3 is 10.7 Å². The van der Waals surface area contributed by atoms with Crippen LogP contribution in [0.4, 0.5) is 11.6 Å². The Morgan fingerprint density at radius 2 is 1.95 bits per heavy atom. The Morgan fingerprint density at radius 3 is 2.63 bits per heavy atom.